The van der Waals surface area contributed by atoms with Crippen LogP contribution >= 0.6 is 11.3 Å². The van der Waals surface area contributed by atoms with Gasteiger partial charge in [0, 0.05) is 17.8 Å². The minimum Gasteiger partial charge on any atom is -0.346 e. The van der Waals surface area contributed by atoms with Gasteiger partial charge in [0.15, 0.2) is 5.13 Å². The number of anilines is 1. The maximum atomic E-state index is 13.5. The molecule has 0 unspecified atom stereocenters. The number of aromatic nitrogens is 2. The Morgan fingerprint density at radius 2 is 2.13 bits per heavy atom. The molecule has 1 N–H and O–H groups in total. The minimum absolute atomic E-state index is 0.151. The second-order valence-corrected chi connectivity index (χ2v) is 6.11. The first-order valence-corrected chi connectivity index (χ1v) is 8.09. The van der Waals surface area contributed by atoms with Crippen LogP contribution in [0, 0.1) is 12.7 Å². The van der Waals surface area contributed by atoms with E-state index in [1.54, 1.807) is 6.07 Å². The first kappa shape index (κ1) is 15.4. The highest BCUT2D eigenvalue weighted by atomic mass is 32.1. The van der Waals surface area contributed by atoms with Crippen molar-refractivity contribution in [2.75, 3.05) is 5.32 Å². The summed E-state index contributed by atoms with van der Waals surface area (Å²) >= 11 is 1.39. The average molecular weight is 329 g/mol. The molecule has 1 aromatic carbocycles. The smallest absolute Gasteiger partial charge is 0.228 e. The van der Waals surface area contributed by atoms with Gasteiger partial charge < -0.3 is 9.88 Å². The third-order valence-electron chi connectivity index (χ3n) is 3.46. The SMILES string of the molecule is Cc1csc(NC(=O)C[C@H](c2cccc(F)c2)n2cccc2)n1. The van der Waals surface area contributed by atoms with E-state index in [2.05, 4.69) is 10.3 Å². The van der Waals surface area contributed by atoms with E-state index in [4.69, 9.17) is 0 Å². The predicted molar refractivity (Wildman–Crippen MR) is 89.1 cm³/mol. The number of amides is 1. The molecule has 4 nitrogen and oxygen atoms in total. The van der Waals surface area contributed by atoms with Crippen LogP contribution in [0.5, 0.6) is 0 Å². The molecule has 0 saturated carbocycles. The Hall–Kier alpha value is -2.47. The van der Waals surface area contributed by atoms with E-state index < -0.39 is 0 Å². The number of benzene rings is 1. The van der Waals surface area contributed by atoms with E-state index in [9.17, 15) is 9.18 Å². The van der Waals surface area contributed by atoms with Crippen molar-refractivity contribution < 1.29 is 9.18 Å². The number of hydrogen-bond acceptors (Lipinski definition) is 3. The molecule has 0 spiro atoms. The Labute approximate surface area is 137 Å². The van der Waals surface area contributed by atoms with E-state index in [-0.39, 0.29) is 24.2 Å². The number of aryl methyl sites for hydroxylation is 1. The van der Waals surface area contributed by atoms with Crippen LogP contribution in [0.1, 0.15) is 23.7 Å². The summed E-state index contributed by atoms with van der Waals surface area (Å²) in [5, 5.41) is 5.26. The molecule has 0 aliphatic heterocycles. The number of carbonyl (C=O) groups is 1. The quantitative estimate of drug-likeness (QED) is 0.769. The molecule has 3 aromatic rings. The summed E-state index contributed by atoms with van der Waals surface area (Å²) in [6.45, 7) is 1.88. The first-order chi connectivity index (χ1) is 11.1. The summed E-state index contributed by atoms with van der Waals surface area (Å²) in [6, 6.07) is 9.85. The number of thiazole rings is 1. The molecule has 0 radical (unpaired) electrons. The molecule has 0 aliphatic carbocycles. The van der Waals surface area contributed by atoms with Gasteiger partial charge in [-0.2, -0.15) is 0 Å². The lowest BCUT2D eigenvalue weighted by atomic mass is 10.0. The van der Waals surface area contributed by atoms with Gasteiger partial charge in [-0.15, -0.1) is 11.3 Å². The summed E-state index contributed by atoms with van der Waals surface area (Å²) in [4.78, 5) is 16.6. The van der Waals surface area contributed by atoms with E-state index >= 15 is 0 Å². The molecule has 23 heavy (non-hydrogen) atoms. The van der Waals surface area contributed by atoms with Crippen molar-refractivity contribution in [3.8, 4) is 0 Å². The number of halogens is 1. The Morgan fingerprint density at radius 1 is 1.35 bits per heavy atom. The van der Waals surface area contributed by atoms with Crippen LogP contribution in [0.4, 0.5) is 9.52 Å². The highest BCUT2D eigenvalue weighted by Crippen LogP contribution is 2.24. The Kier molecular flexibility index (Phi) is 4.52. The van der Waals surface area contributed by atoms with Crippen molar-refractivity contribution in [3.63, 3.8) is 0 Å². The topological polar surface area (TPSA) is 46.9 Å². The first-order valence-electron chi connectivity index (χ1n) is 7.22. The standard InChI is InChI=1S/C17H16FN3OS/c1-12-11-23-17(19-12)20-16(22)10-15(21-7-2-3-8-21)13-5-4-6-14(18)9-13/h2-9,11,15H,10H2,1H3,(H,19,20,22)/t15-/m1/s1. The van der Waals surface area contributed by atoms with Crippen LogP contribution in [0.3, 0.4) is 0 Å². The number of rotatable bonds is 5. The second kappa shape index (κ2) is 6.75. The molecule has 1 atom stereocenters. The summed E-state index contributed by atoms with van der Waals surface area (Å²) in [7, 11) is 0. The van der Waals surface area contributed by atoms with Gasteiger partial charge in [-0.1, -0.05) is 12.1 Å². The molecule has 2 aromatic heterocycles. The third kappa shape index (κ3) is 3.84. The fourth-order valence-corrected chi connectivity index (χ4v) is 3.13. The molecule has 0 bridgehead atoms. The second-order valence-electron chi connectivity index (χ2n) is 5.25. The van der Waals surface area contributed by atoms with Crippen molar-refractivity contribution in [1.82, 2.24) is 9.55 Å². The molecular formula is C17H16FN3OS. The Morgan fingerprint density at radius 3 is 2.78 bits per heavy atom. The number of hydrogen-bond donors (Lipinski definition) is 1. The van der Waals surface area contributed by atoms with Gasteiger partial charge in [0.05, 0.1) is 18.2 Å². The third-order valence-corrected chi connectivity index (χ3v) is 4.34. The van der Waals surface area contributed by atoms with Crippen molar-refractivity contribution in [3.05, 3.63) is 71.2 Å². The van der Waals surface area contributed by atoms with Crippen molar-refractivity contribution >= 4 is 22.4 Å². The summed E-state index contributed by atoms with van der Waals surface area (Å²) in [5.41, 5.74) is 1.63. The van der Waals surface area contributed by atoms with E-state index in [1.165, 1.54) is 23.5 Å². The Bertz CT molecular complexity index is 798. The molecule has 6 heteroatoms. The molecular weight excluding hydrogens is 313 g/mol. The lowest BCUT2D eigenvalue weighted by molar-refractivity contribution is -0.116. The molecule has 1 amide bonds. The van der Waals surface area contributed by atoms with Crippen LogP contribution in [-0.2, 0) is 4.79 Å². The predicted octanol–water partition coefficient (Wildman–Crippen LogP) is 4.01. The fourth-order valence-electron chi connectivity index (χ4n) is 2.42. The molecule has 0 aliphatic rings. The average Bonchev–Trinajstić information content (AvgIpc) is 3.17. The maximum Gasteiger partial charge on any atom is 0.228 e. The van der Waals surface area contributed by atoms with Crippen LogP contribution in [0.25, 0.3) is 0 Å². The van der Waals surface area contributed by atoms with Gasteiger partial charge in [-0.3, -0.25) is 4.79 Å². The highest BCUT2D eigenvalue weighted by Gasteiger charge is 2.18. The van der Waals surface area contributed by atoms with Crippen LogP contribution in [-0.4, -0.2) is 15.5 Å². The van der Waals surface area contributed by atoms with E-state index in [0.29, 0.717) is 5.13 Å². The van der Waals surface area contributed by atoms with Crippen LogP contribution in [0.2, 0.25) is 0 Å². The minimum atomic E-state index is -0.310. The molecule has 2 heterocycles. The molecule has 118 valence electrons. The van der Waals surface area contributed by atoms with Gasteiger partial charge in [0.2, 0.25) is 5.91 Å². The van der Waals surface area contributed by atoms with Crippen LogP contribution < -0.4 is 5.32 Å². The van der Waals surface area contributed by atoms with Gasteiger partial charge in [-0.25, -0.2) is 9.37 Å². The summed E-state index contributed by atoms with van der Waals surface area (Å²) < 4.78 is 15.4. The normalized spacial score (nSPS) is 12.1. The van der Waals surface area contributed by atoms with Gasteiger partial charge in [0.25, 0.3) is 0 Å². The summed E-state index contributed by atoms with van der Waals surface area (Å²) in [6.07, 6.45) is 3.95. The van der Waals surface area contributed by atoms with Gasteiger partial charge in [0.1, 0.15) is 5.82 Å². The zero-order valence-corrected chi connectivity index (χ0v) is 13.4. The zero-order valence-electron chi connectivity index (χ0n) is 12.6. The lowest BCUT2D eigenvalue weighted by Crippen LogP contribution is -2.19. The maximum absolute atomic E-state index is 13.5. The van der Waals surface area contributed by atoms with Crippen molar-refractivity contribution in [1.29, 1.82) is 0 Å². The molecule has 0 fully saturated rings. The zero-order chi connectivity index (χ0) is 16.2. The largest absolute Gasteiger partial charge is 0.346 e. The number of nitrogens with zero attached hydrogens (tertiary/aromatic N) is 2. The fraction of sp³-hybridized carbons (Fsp3) is 0.176. The summed E-state index contributed by atoms with van der Waals surface area (Å²) in [5.74, 6) is -0.460. The monoisotopic (exact) mass is 329 g/mol. The highest BCUT2D eigenvalue weighted by molar-refractivity contribution is 7.13. The molecule has 0 saturated heterocycles. The number of nitrogens with one attached hydrogen (secondary N) is 1. The Balaban J connectivity index is 1.80. The van der Waals surface area contributed by atoms with E-state index in [0.717, 1.165) is 11.3 Å². The van der Waals surface area contributed by atoms with Crippen molar-refractivity contribution in [2.45, 2.75) is 19.4 Å². The van der Waals surface area contributed by atoms with Gasteiger partial charge >= 0.3 is 0 Å². The lowest BCUT2D eigenvalue weighted by Gasteiger charge is -2.19. The van der Waals surface area contributed by atoms with E-state index in [1.807, 2.05) is 47.5 Å². The van der Waals surface area contributed by atoms with Gasteiger partial charge in [-0.05, 0) is 36.8 Å². The van der Waals surface area contributed by atoms with Crippen molar-refractivity contribution in [2.24, 2.45) is 0 Å². The van der Waals surface area contributed by atoms with Crippen LogP contribution in [0.15, 0.2) is 54.2 Å². The number of carbonyl (C=O) groups excluding carboxylic acids is 1. The molecule has 3 rings (SSSR count).